The van der Waals surface area contributed by atoms with E-state index in [1.807, 2.05) is 0 Å². The molecule has 10 N–H and O–H groups in total. The third kappa shape index (κ3) is 14.4. The molecule has 2 aromatic heterocycles. The van der Waals surface area contributed by atoms with E-state index in [0.29, 0.717) is 12.3 Å². The molecule has 0 bridgehead atoms. The lowest BCUT2D eigenvalue weighted by atomic mass is 9.87. The molecule has 7 atom stereocenters. The fourth-order valence-electron chi connectivity index (χ4n) is 4.49. The molecule has 28 heteroatoms. The number of nitrogens with zero attached hydrogens (tertiary/aromatic N) is 4. The van der Waals surface area contributed by atoms with E-state index in [1.165, 1.54) is 13.8 Å². The highest BCUT2D eigenvalue weighted by Gasteiger charge is 2.50. The van der Waals surface area contributed by atoms with Gasteiger partial charge >= 0.3 is 23.5 Å². The van der Waals surface area contributed by atoms with Gasteiger partial charge in [-0.2, -0.15) is 4.31 Å². The number of unbranched alkanes of at least 4 members (excludes halogenated alkanes) is 1. The molecule has 0 spiro atoms. The van der Waals surface area contributed by atoms with E-state index in [4.69, 9.17) is 19.5 Å². The predicted molar refractivity (Wildman–Crippen MR) is 189 cm³/mol. The molecule has 23 nitrogen and oxygen atoms in total. The zero-order chi connectivity index (χ0) is 39.6. The number of amides is 2. The third-order valence-corrected chi connectivity index (χ3v) is 12.8. The molecular weight excluding hydrogens is 811 g/mol. The van der Waals surface area contributed by atoms with Crippen LogP contribution < -0.4 is 16.4 Å². The topological polar surface area (TPSA) is 347 Å². The Kier molecular flexibility index (Phi) is 17.1. The summed E-state index contributed by atoms with van der Waals surface area (Å²) in [7, 11) is -13.0. The summed E-state index contributed by atoms with van der Waals surface area (Å²) in [5.74, 6) is 0.457. The second kappa shape index (κ2) is 19.9. The Morgan fingerprint density at radius 1 is 1.06 bits per heavy atom. The maximum Gasteiger partial charge on any atom is 0.481 e. The Balaban J connectivity index is 1.51. The molecule has 3 rings (SSSR count). The van der Waals surface area contributed by atoms with Crippen molar-refractivity contribution in [3.63, 3.8) is 0 Å². The number of hydrogen-bond donors (Lipinski definition) is 9. The minimum atomic E-state index is -5.54. The Labute approximate surface area is 311 Å². The van der Waals surface area contributed by atoms with Gasteiger partial charge in [0.2, 0.25) is 11.8 Å². The molecule has 1 aliphatic heterocycles. The van der Waals surface area contributed by atoms with Crippen LogP contribution in [0.2, 0.25) is 0 Å². The molecule has 0 aliphatic carbocycles. The first-order valence-corrected chi connectivity index (χ1v) is 22.8. The van der Waals surface area contributed by atoms with Crippen molar-refractivity contribution >= 4 is 73.9 Å². The van der Waals surface area contributed by atoms with E-state index in [2.05, 4.69) is 41.3 Å². The van der Waals surface area contributed by atoms with Crippen LogP contribution in [0.1, 0.15) is 46.3 Å². The van der Waals surface area contributed by atoms with Gasteiger partial charge in [0.25, 0.3) is 0 Å². The summed E-state index contributed by atoms with van der Waals surface area (Å²) in [5.41, 5.74) is 4.32. The first kappa shape index (κ1) is 45.6. The van der Waals surface area contributed by atoms with E-state index >= 15 is 0 Å². The molecule has 1 fully saturated rings. The van der Waals surface area contributed by atoms with Gasteiger partial charge in [0.1, 0.15) is 36.3 Å². The second-order valence-corrected chi connectivity index (χ2v) is 19.0. The zero-order valence-corrected chi connectivity index (χ0v) is 33.0. The van der Waals surface area contributed by atoms with Gasteiger partial charge in [0.15, 0.2) is 17.7 Å². The number of nitrogens with two attached hydrogens (primary N) is 1. The quantitative estimate of drug-likeness (QED) is 0.0419. The number of aromatic nitrogens is 4. The van der Waals surface area contributed by atoms with Crippen molar-refractivity contribution in [1.29, 1.82) is 0 Å². The second-order valence-electron chi connectivity index (χ2n) is 12.1. The zero-order valence-electron chi connectivity index (χ0n) is 28.7. The summed E-state index contributed by atoms with van der Waals surface area (Å²) in [6.07, 6.45) is -4.48. The first-order valence-electron chi connectivity index (χ1n) is 15.8. The van der Waals surface area contributed by atoms with Gasteiger partial charge in [-0.3, -0.25) is 27.7 Å². The lowest BCUT2D eigenvalue weighted by Crippen LogP contribution is -2.46. The molecule has 1 saturated heterocycles. The largest absolute Gasteiger partial charge is 0.481 e. The molecular formula is C25H44N7O16P3S2. The first-order chi connectivity index (χ1) is 24.7. The molecule has 0 radical (unpaired) electrons. The van der Waals surface area contributed by atoms with Crippen LogP contribution >= 0.6 is 45.1 Å². The van der Waals surface area contributed by atoms with Gasteiger partial charge in [-0.05, 0) is 6.42 Å². The Hall–Kier alpha value is -1.76. The summed E-state index contributed by atoms with van der Waals surface area (Å²) < 4.78 is 62.1. The number of phosphoric acid groups is 3. The normalized spacial score (nSPS) is 22.3. The summed E-state index contributed by atoms with van der Waals surface area (Å²) >= 11 is 0. The van der Waals surface area contributed by atoms with Gasteiger partial charge < -0.3 is 50.9 Å². The molecule has 1 aliphatic rings. The number of carbonyl (C=O) groups is 2. The van der Waals surface area contributed by atoms with Crippen LogP contribution in [-0.4, -0.2) is 123 Å². The van der Waals surface area contributed by atoms with Crippen LogP contribution in [0.4, 0.5) is 5.82 Å². The van der Waals surface area contributed by atoms with Crippen LogP contribution in [0.25, 0.3) is 11.2 Å². The number of imidazole rings is 1. The Morgan fingerprint density at radius 2 is 1.74 bits per heavy atom. The number of nitrogen functional groups attached to an aromatic ring is 1. The van der Waals surface area contributed by atoms with Crippen molar-refractivity contribution in [2.45, 2.75) is 70.7 Å². The average molecular weight is 856 g/mol. The SMILES string of the molecule is CCCCSSCCNC(=O)CCNC(=O)[C@H](O)C(C)(C)COP(=O)(O)OP(=O)(O)OC[C@H]1O[C@@H](n2cnc3c(N)ncnc32)[C@H](O)[C@@H]1OP(=O)(O)O. The molecule has 0 saturated carbocycles. The molecule has 3 heterocycles. The number of carbonyl (C=O) groups excluding carboxylic acids is 2. The van der Waals surface area contributed by atoms with Crippen molar-refractivity contribution in [3.8, 4) is 0 Å². The summed E-state index contributed by atoms with van der Waals surface area (Å²) in [4.78, 5) is 75.4. The highest BCUT2D eigenvalue weighted by Crippen LogP contribution is 2.61. The predicted octanol–water partition coefficient (Wildman–Crippen LogP) is 0.586. The molecule has 0 aromatic carbocycles. The lowest BCUT2D eigenvalue weighted by molar-refractivity contribution is -0.137. The summed E-state index contributed by atoms with van der Waals surface area (Å²) in [6, 6.07) is 0. The fourth-order valence-corrected chi connectivity index (χ4v) is 9.46. The minimum absolute atomic E-state index is 0.0340. The van der Waals surface area contributed by atoms with Gasteiger partial charge in [-0.25, -0.2) is 28.6 Å². The summed E-state index contributed by atoms with van der Waals surface area (Å²) in [6.45, 7) is 3.01. The van der Waals surface area contributed by atoms with E-state index < -0.39 is 78.6 Å². The van der Waals surface area contributed by atoms with E-state index in [1.54, 1.807) is 21.6 Å². The number of aliphatic hydroxyl groups is 2. The lowest BCUT2D eigenvalue weighted by Gasteiger charge is -2.30. The highest BCUT2D eigenvalue weighted by molar-refractivity contribution is 8.76. The van der Waals surface area contributed by atoms with Crippen LogP contribution in [0.5, 0.6) is 0 Å². The third-order valence-electron chi connectivity index (χ3n) is 7.25. The van der Waals surface area contributed by atoms with E-state index in [0.717, 1.165) is 35.8 Å². The standard InChI is InChI=1S/C25H44N7O16P3S2/c1-4-5-9-52-53-10-8-27-16(33)6-7-28-23(36)20(35)25(2,3)12-45-51(42,43)48-50(40,41)44-11-15-19(47-49(37,38)39)18(34)24(46-15)32-14-31-17-21(26)29-13-30-22(17)32/h13-15,18-20,24,34-35H,4-12H2,1-3H3,(H,27,33)(H,28,36)(H,40,41)(H,42,43)(H2,26,29,30)(H2,37,38,39)/t15-,18-,19-,20+,24-/m1/s1. The highest BCUT2D eigenvalue weighted by atomic mass is 33.1. The van der Waals surface area contributed by atoms with Gasteiger partial charge in [0.05, 0.1) is 19.5 Å². The minimum Gasteiger partial charge on any atom is -0.386 e. The van der Waals surface area contributed by atoms with Crippen LogP contribution in [0.3, 0.4) is 0 Å². The van der Waals surface area contributed by atoms with Crippen molar-refractivity contribution < 1.29 is 75.7 Å². The maximum absolute atomic E-state index is 12.7. The molecule has 2 unspecified atom stereocenters. The fraction of sp³-hybridized carbons (Fsp3) is 0.720. The Morgan fingerprint density at radius 3 is 2.42 bits per heavy atom. The monoisotopic (exact) mass is 855 g/mol. The van der Waals surface area contributed by atoms with Gasteiger partial charge in [-0.1, -0.05) is 48.8 Å². The van der Waals surface area contributed by atoms with Crippen LogP contribution in [-0.2, 0) is 45.9 Å². The number of nitrogens with one attached hydrogen (secondary N) is 2. The molecule has 2 amide bonds. The smallest absolute Gasteiger partial charge is 0.386 e. The van der Waals surface area contributed by atoms with E-state index in [9.17, 15) is 53.1 Å². The van der Waals surface area contributed by atoms with E-state index in [-0.39, 0.29) is 35.9 Å². The summed E-state index contributed by atoms with van der Waals surface area (Å²) in [5, 5.41) is 26.5. The molecule has 302 valence electrons. The number of aliphatic hydroxyl groups excluding tert-OH is 2. The van der Waals surface area contributed by atoms with Crippen molar-refractivity contribution in [3.05, 3.63) is 12.7 Å². The molecule has 53 heavy (non-hydrogen) atoms. The number of anilines is 1. The van der Waals surface area contributed by atoms with Crippen molar-refractivity contribution in [2.24, 2.45) is 5.41 Å². The number of fused-ring (bicyclic) bond motifs is 1. The van der Waals surface area contributed by atoms with Crippen molar-refractivity contribution in [1.82, 2.24) is 30.2 Å². The van der Waals surface area contributed by atoms with Gasteiger partial charge in [-0.15, -0.1) is 0 Å². The number of rotatable bonds is 23. The van der Waals surface area contributed by atoms with Gasteiger partial charge in [0, 0.05) is 36.4 Å². The van der Waals surface area contributed by atoms with Crippen LogP contribution in [0.15, 0.2) is 12.7 Å². The maximum atomic E-state index is 12.7. The average Bonchev–Trinajstić information content (AvgIpc) is 3.62. The van der Waals surface area contributed by atoms with Crippen LogP contribution in [0, 0.1) is 5.41 Å². The molecule has 2 aromatic rings. The van der Waals surface area contributed by atoms with Crippen molar-refractivity contribution in [2.75, 3.05) is 43.5 Å². The number of ether oxygens (including phenoxy) is 1. The Bertz CT molecular complexity index is 1690. The number of hydrogen-bond acceptors (Lipinski definition) is 18. The number of phosphoric ester groups is 3.